The Morgan fingerprint density at radius 1 is 1.26 bits per heavy atom. The average molecular weight is 267 g/mol. The lowest BCUT2D eigenvalue weighted by atomic mass is 10.0. The molecule has 1 atom stereocenters. The van der Waals surface area contributed by atoms with Gasteiger partial charge in [-0.1, -0.05) is 13.8 Å². The number of benzene rings is 1. The van der Waals surface area contributed by atoms with Crippen molar-refractivity contribution in [1.82, 2.24) is 0 Å². The highest BCUT2D eigenvalue weighted by atomic mass is 19.1. The smallest absolute Gasteiger partial charge is 0.241 e. The predicted octanol–water partition coefficient (Wildman–Crippen LogP) is 1.71. The van der Waals surface area contributed by atoms with Gasteiger partial charge < -0.3 is 16.4 Å². The topological polar surface area (TPSA) is 84.2 Å². The number of anilines is 2. The molecule has 2 amide bonds. The maximum absolute atomic E-state index is 13.4. The number of nitrogens with two attached hydrogens (primary N) is 1. The molecule has 0 aliphatic heterocycles. The molecule has 4 N–H and O–H groups in total. The first-order valence-electron chi connectivity index (χ1n) is 5.95. The molecular weight excluding hydrogens is 249 g/mol. The van der Waals surface area contributed by atoms with Gasteiger partial charge in [0, 0.05) is 12.6 Å². The van der Waals surface area contributed by atoms with Crippen LogP contribution in [0.2, 0.25) is 0 Å². The van der Waals surface area contributed by atoms with Crippen LogP contribution in [0.15, 0.2) is 18.2 Å². The van der Waals surface area contributed by atoms with Gasteiger partial charge in [0.1, 0.15) is 5.82 Å². The van der Waals surface area contributed by atoms with Crippen molar-refractivity contribution in [3.63, 3.8) is 0 Å². The van der Waals surface area contributed by atoms with E-state index >= 15 is 0 Å². The zero-order valence-electron chi connectivity index (χ0n) is 11.2. The summed E-state index contributed by atoms with van der Waals surface area (Å²) in [6.45, 7) is 4.94. The van der Waals surface area contributed by atoms with E-state index in [-0.39, 0.29) is 23.4 Å². The van der Waals surface area contributed by atoms with Gasteiger partial charge in [0.15, 0.2) is 0 Å². The minimum atomic E-state index is -0.644. The number of nitrogens with one attached hydrogen (secondary N) is 2. The number of rotatable bonds is 4. The molecule has 0 aliphatic rings. The summed E-state index contributed by atoms with van der Waals surface area (Å²) in [7, 11) is 0. The van der Waals surface area contributed by atoms with E-state index in [2.05, 4.69) is 10.6 Å². The fraction of sp³-hybridized carbons (Fsp3) is 0.385. The van der Waals surface area contributed by atoms with Crippen molar-refractivity contribution in [2.45, 2.75) is 26.8 Å². The van der Waals surface area contributed by atoms with Crippen molar-refractivity contribution in [2.75, 3.05) is 10.6 Å². The quantitative estimate of drug-likeness (QED) is 0.776. The Hall–Kier alpha value is -1.95. The van der Waals surface area contributed by atoms with Gasteiger partial charge in [-0.2, -0.15) is 0 Å². The molecule has 0 heterocycles. The summed E-state index contributed by atoms with van der Waals surface area (Å²) in [5.74, 6) is -1.31. The third-order valence-corrected chi connectivity index (χ3v) is 2.57. The first kappa shape index (κ1) is 15.1. The highest BCUT2D eigenvalue weighted by Gasteiger charge is 2.17. The molecule has 1 aromatic rings. The Kier molecular flexibility index (Phi) is 5.00. The molecular formula is C13H18FN3O2. The van der Waals surface area contributed by atoms with Crippen LogP contribution in [-0.2, 0) is 9.59 Å². The van der Waals surface area contributed by atoms with Crippen LogP contribution in [0.3, 0.4) is 0 Å². The van der Waals surface area contributed by atoms with E-state index in [1.807, 2.05) is 13.8 Å². The molecule has 0 aromatic heterocycles. The minimum absolute atomic E-state index is 0.00439. The molecule has 0 fully saturated rings. The zero-order valence-corrected chi connectivity index (χ0v) is 11.2. The Bertz CT molecular complexity index is 489. The van der Waals surface area contributed by atoms with Crippen LogP contribution in [-0.4, -0.2) is 17.9 Å². The fourth-order valence-corrected chi connectivity index (χ4v) is 1.42. The molecule has 19 heavy (non-hydrogen) atoms. The maximum Gasteiger partial charge on any atom is 0.241 e. The van der Waals surface area contributed by atoms with E-state index in [1.165, 1.54) is 25.1 Å². The molecule has 5 nitrogen and oxygen atoms in total. The van der Waals surface area contributed by atoms with Crippen molar-refractivity contribution in [2.24, 2.45) is 11.7 Å². The largest absolute Gasteiger partial charge is 0.325 e. The normalized spacial score (nSPS) is 12.1. The van der Waals surface area contributed by atoms with E-state index in [4.69, 9.17) is 5.73 Å². The lowest BCUT2D eigenvalue weighted by Gasteiger charge is -2.16. The first-order valence-corrected chi connectivity index (χ1v) is 5.95. The molecule has 0 saturated heterocycles. The molecule has 1 rings (SSSR count). The molecule has 0 spiro atoms. The Morgan fingerprint density at radius 3 is 2.42 bits per heavy atom. The van der Waals surface area contributed by atoms with Crippen molar-refractivity contribution in [1.29, 1.82) is 0 Å². The molecule has 1 unspecified atom stereocenters. The average Bonchev–Trinajstić information content (AvgIpc) is 2.31. The van der Waals surface area contributed by atoms with Crippen LogP contribution in [0, 0.1) is 11.7 Å². The molecule has 1 aromatic carbocycles. The number of hydrogen-bond donors (Lipinski definition) is 3. The number of hydrogen-bond acceptors (Lipinski definition) is 3. The van der Waals surface area contributed by atoms with Gasteiger partial charge >= 0.3 is 0 Å². The predicted molar refractivity (Wildman–Crippen MR) is 72.1 cm³/mol. The molecule has 0 bridgehead atoms. The van der Waals surface area contributed by atoms with Gasteiger partial charge in [-0.15, -0.1) is 0 Å². The molecule has 0 aliphatic carbocycles. The highest BCUT2D eigenvalue weighted by Crippen LogP contribution is 2.20. The summed E-state index contributed by atoms with van der Waals surface area (Å²) in [6.07, 6.45) is 0. The number of halogens is 1. The third-order valence-electron chi connectivity index (χ3n) is 2.57. The standard InChI is InChI=1S/C13H18FN3O2/c1-7(2)12(15)13(19)17-9-4-5-10(14)11(6-9)16-8(3)18/h4-7,12H,15H2,1-3H3,(H,16,18)(H,17,19). The SMILES string of the molecule is CC(=O)Nc1cc(NC(=O)C(N)C(C)C)ccc1F. The zero-order chi connectivity index (χ0) is 14.6. The molecule has 0 saturated carbocycles. The van der Waals surface area contributed by atoms with Gasteiger partial charge in [0.25, 0.3) is 0 Å². The highest BCUT2D eigenvalue weighted by molar-refractivity contribution is 5.96. The lowest BCUT2D eigenvalue weighted by molar-refractivity contribution is -0.118. The Morgan fingerprint density at radius 2 is 1.89 bits per heavy atom. The third kappa shape index (κ3) is 4.33. The summed E-state index contributed by atoms with van der Waals surface area (Å²) in [4.78, 5) is 22.7. The van der Waals surface area contributed by atoms with Gasteiger partial charge in [-0.25, -0.2) is 4.39 Å². The molecule has 6 heteroatoms. The number of carbonyl (C=O) groups excluding carboxylic acids is 2. The Balaban J connectivity index is 2.85. The van der Waals surface area contributed by atoms with Crippen LogP contribution in [0.4, 0.5) is 15.8 Å². The van der Waals surface area contributed by atoms with Gasteiger partial charge in [0.2, 0.25) is 11.8 Å². The summed E-state index contributed by atoms with van der Waals surface area (Å²) < 4.78 is 13.4. The van der Waals surface area contributed by atoms with Crippen molar-refractivity contribution < 1.29 is 14.0 Å². The summed E-state index contributed by atoms with van der Waals surface area (Å²) in [5, 5.41) is 4.92. The van der Waals surface area contributed by atoms with Crippen LogP contribution < -0.4 is 16.4 Å². The van der Waals surface area contributed by atoms with Gasteiger partial charge in [0.05, 0.1) is 11.7 Å². The van der Waals surface area contributed by atoms with Gasteiger partial charge in [-0.05, 0) is 24.1 Å². The number of carbonyl (C=O) groups is 2. The molecule has 104 valence electrons. The van der Waals surface area contributed by atoms with Crippen LogP contribution >= 0.6 is 0 Å². The second-order valence-corrected chi connectivity index (χ2v) is 4.63. The van der Waals surface area contributed by atoms with Crippen molar-refractivity contribution in [3.8, 4) is 0 Å². The van der Waals surface area contributed by atoms with E-state index in [9.17, 15) is 14.0 Å². The number of amides is 2. The lowest BCUT2D eigenvalue weighted by Crippen LogP contribution is -2.39. The van der Waals surface area contributed by atoms with E-state index in [1.54, 1.807) is 0 Å². The van der Waals surface area contributed by atoms with Crippen LogP contribution in [0.25, 0.3) is 0 Å². The summed E-state index contributed by atoms with van der Waals surface area (Å²) in [5.41, 5.74) is 6.10. The van der Waals surface area contributed by atoms with Crippen LogP contribution in [0.5, 0.6) is 0 Å². The van der Waals surface area contributed by atoms with E-state index in [0.29, 0.717) is 5.69 Å². The second kappa shape index (κ2) is 6.29. The van der Waals surface area contributed by atoms with Crippen LogP contribution in [0.1, 0.15) is 20.8 Å². The van der Waals surface area contributed by atoms with Gasteiger partial charge in [-0.3, -0.25) is 9.59 Å². The summed E-state index contributed by atoms with van der Waals surface area (Å²) >= 11 is 0. The monoisotopic (exact) mass is 267 g/mol. The van der Waals surface area contributed by atoms with Crippen molar-refractivity contribution in [3.05, 3.63) is 24.0 Å². The minimum Gasteiger partial charge on any atom is -0.325 e. The maximum atomic E-state index is 13.4. The van der Waals surface area contributed by atoms with Crippen molar-refractivity contribution >= 4 is 23.2 Å². The first-order chi connectivity index (χ1) is 8.81. The Labute approximate surface area is 111 Å². The molecule has 0 radical (unpaired) electrons. The van der Waals surface area contributed by atoms with E-state index < -0.39 is 11.9 Å². The second-order valence-electron chi connectivity index (χ2n) is 4.63. The summed E-state index contributed by atoms with van der Waals surface area (Å²) in [6, 6.07) is 3.28. The van der Waals surface area contributed by atoms with E-state index in [0.717, 1.165) is 0 Å². The fourth-order valence-electron chi connectivity index (χ4n) is 1.42.